The summed E-state index contributed by atoms with van der Waals surface area (Å²) in [7, 11) is 0. The summed E-state index contributed by atoms with van der Waals surface area (Å²) in [6.45, 7) is 2.37. The number of halogens is 1. The summed E-state index contributed by atoms with van der Waals surface area (Å²) in [6, 6.07) is 5.40. The predicted molar refractivity (Wildman–Crippen MR) is 63.9 cm³/mol. The van der Waals surface area contributed by atoms with Gasteiger partial charge >= 0.3 is 5.97 Å². The van der Waals surface area contributed by atoms with Crippen LogP contribution in [0.25, 0.3) is 0 Å². The van der Waals surface area contributed by atoms with Crippen LogP contribution in [0.5, 0.6) is 0 Å². The highest BCUT2D eigenvalue weighted by Crippen LogP contribution is 2.12. The molecule has 2 rings (SSSR count). The summed E-state index contributed by atoms with van der Waals surface area (Å²) in [6.07, 6.45) is 0.385. The molecule has 18 heavy (non-hydrogen) atoms. The third kappa shape index (κ3) is 3.27. The van der Waals surface area contributed by atoms with Gasteiger partial charge < -0.3 is 9.84 Å². The number of nitrogens with zero attached hydrogens (tertiary/aromatic N) is 1. The topological polar surface area (TPSA) is 49.8 Å². The Bertz CT molecular complexity index is 401. The number of carboxylic acid groups (broad SMARTS) is 1. The molecule has 0 aliphatic carbocycles. The maximum Gasteiger partial charge on any atom is 0.321 e. The zero-order valence-electron chi connectivity index (χ0n) is 10.0. The first-order valence-corrected chi connectivity index (χ1v) is 5.96. The molecule has 1 atom stereocenters. The predicted octanol–water partition coefficient (Wildman–Crippen LogP) is 1.15. The van der Waals surface area contributed by atoms with Gasteiger partial charge in [-0.05, 0) is 24.1 Å². The minimum absolute atomic E-state index is 0.308. The first kappa shape index (κ1) is 13.0. The highest BCUT2D eigenvalue weighted by molar-refractivity contribution is 5.74. The molecule has 1 saturated heterocycles. The second kappa shape index (κ2) is 5.93. The molecule has 1 N–H and O–H groups in total. The van der Waals surface area contributed by atoms with Crippen LogP contribution in [-0.4, -0.2) is 48.3 Å². The van der Waals surface area contributed by atoms with Gasteiger partial charge in [0.15, 0.2) is 0 Å². The van der Waals surface area contributed by atoms with Crippen LogP contribution in [-0.2, 0) is 16.0 Å². The standard InChI is InChI=1S/C13H16FNO3/c14-11-3-1-10(2-4-11)9-12(13(16)17)15-5-7-18-8-6-15/h1-4,12H,5-9H2,(H,16,17)/t12-/m0/s1. The van der Waals surface area contributed by atoms with Gasteiger partial charge in [0, 0.05) is 13.1 Å². The molecule has 0 aromatic heterocycles. The van der Waals surface area contributed by atoms with E-state index < -0.39 is 12.0 Å². The molecule has 1 fully saturated rings. The third-order valence-corrected chi connectivity index (χ3v) is 3.11. The van der Waals surface area contributed by atoms with Crippen LogP contribution in [0.1, 0.15) is 5.56 Å². The van der Waals surface area contributed by atoms with Crippen LogP contribution >= 0.6 is 0 Å². The molecule has 1 heterocycles. The Morgan fingerprint density at radius 2 is 1.94 bits per heavy atom. The van der Waals surface area contributed by atoms with Crippen molar-refractivity contribution in [3.8, 4) is 0 Å². The monoisotopic (exact) mass is 253 g/mol. The maximum absolute atomic E-state index is 12.8. The molecular weight excluding hydrogens is 237 g/mol. The van der Waals surface area contributed by atoms with Gasteiger partial charge in [-0.1, -0.05) is 12.1 Å². The van der Waals surface area contributed by atoms with Crippen LogP contribution in [0.15, 0.2) is 24.3 Å². The lowest BCUT2D eigenvalue weighted by Crippen LogP contribution is -2.48. The number of carboxylic acids is 1. The molecule has 0 bridgehead atoms. The van der Waals surface area contributed by atoms with Gasteiger partial charge in [-0.15, -0.1) is 0 Å². The Balaban J connectivity index is 2.05. The number of ether oxygens (including phenoxy) is 1. The van der Waals surface area contributed by atoms with E-state index >= 15 is 0 Å². The van der Waals surface area contributed by atoms with E-state index in [1.807, 2.05) is 4.90 Å². The summed E-state index contributed by atoms with van der Waals surface area (Å²) in [5, 5.41) is 9.28. The maximum atomic E-state index is 12.8. The van der Waals surface area contributed by atoms with E-state index in [0.717, 1.165) is 5.56 Å². The fourth-order valence-electron chi connectivity index (χ4n) is 2.11. The average Bonchev–Trinajstić information content (AvgIpc) is 2.38. The second-order valence-electron chi connectivity index (χ2n) is 4.33. The number of aliphatic carboxylic acids is 1. The average molecular weight is 253 g/mol. The van der Waals surface area contributed by atoms with Gasteiger partial charge in [-0.2, -0.15) is 0 Å². The molecule has 4 nitrogen and oxygen atoms in total. The van der Waals surface area contributed by atoms with E-state index in [1.165, 1.54) is 12.1 Å². The van der Waals surface area contributed by atoms with Crippen molar-refractivity contribution in [1.29, 1.82) is 0 Å². The molecule has 1 aliphatic heterocycles. The van der Waals surface area contributed by atoms with E-state index in [9.17, 15) is 14.3 Å². The summed E-state index contributed by atoms with van der Waals surface area (Å²) in [5.41, 5.74) is 0.829. The van der Waals surface area contributed by atoms with Crippen molar-refractivity contribution < 1.29 is 19.0 Å². The number of morpholine rings is 1. The number of rotatable bonds is 4. The van der Waals surface area contributed by atoms with Crippen LogP contribution in [0.2, 0.25) is 0 Å². The van der Waals surface area contributed by atoms with Crippen LogP contribution < -0.4 is 0 Å². The van der Waals surface area contributed by atoms with Crippen molar-refractivity contribution in [3.63, 3.8) is 0 Å². The van der Waals surface area contributed by atoms with Crippen LogP contribution in [0.3, 0.4) is 0 Å². The van der Waals surface area contributed by atoms with Gasteiger partial charge in [-0.25, -0.2) is 4.39 Å². The normalized spacial score (nSPS) is 18.5. The molecule has 1 aliphatic rings. The number of hydrogen-bond donors (Lipinski definition) is 1. The summed E-state index contributed by atoms with van der Waals surface area (Å²) >= 11 is 0. The minimum Gasteiger partial charge on any atom is -0.480 e. The minimum atomic E-state index is -0.846. The molecule has 0 unspecified atom stereocenters. The fraction of sp³-hybridized carbons (Fsp3) is 0.462. The van der Waals surface area contributed by atoms with Crippen LogP contribution in [0.4, 0.5) is 4.39 Å². The Kier molecular flexibility index (Phi) is 4.28. The zero-order valence-corrected chi connectivity index (χ0v) is 10.0. The van der Waals surface area contributed by atoms with Gasteiger partial charge in [-0.3, -0.25) is 9.69 Å². The highest BCUT2D eigenvalue weighted by atomic mass is 19.1. The molecule has 0 amide bonds. The van der Waals surface area contributed by atoms with Crippen molar-refractivity contribution in [1.82, 2.24) is 4.90 Å². The number of carbonyl (C=O) groups is 1. The Morgan fingerprint density at radius 1 is 1.33 bits per heavy atom. The van der Waals surface area contributed by atoms with E-state index in [-0.39, 0.29) is 5.82 Å². The van der Waals surface area contributed by atoms with Crippen molar-refractivity contribution in [2.24, 2.45) is 0 Å². The third-order valence-electron chi connectivity index (χ3n) is 3.11. The molecular formula is C13H16FNO3. The van der Waals surface area contributed by atoms with Crippen molar-refractivity contribution in [3.05, 3.63) is 35.6 Å². The van der Waals surface area contributed by atoms with E-state index in [0.29, 0.717) is 32.7 Å². The van der Waals surface area contributed by atoms with Gasteiger partial charge in [0.1, 0.15) is 11.9 Å². The zero-order chi connectivity index (χ0) is 13.0. The Labute approximate surface area is 105 Å². The van der Waals surface area contributed by atoms with Crippen molar-refractivity contribution >= 4 is 5.97 Å². The summed E-state index contributed by atoms with van der Waals surface area (Å²) in [4.78, 5) is 13.2. The molecule has 98 valence electrons. The van der Waals surface area contributed by atoms with E-state index in [4.69, 9.17) is 4.74 Å². The largest absolute Gasteiger partial charge is 0.480 e. The Hall–Kier alpha value is -1.46. The fourth-order valence-corrected chi connectivity index (χ4v) is 2.11. The Morgan fingerprint density at radius 3 is 2.50 bits per heavy atom. The molecule has 0 radical (unpaired) electrons. The van der Waals surface area contributed by atoms with Crippen molar-refractivity contribution in [2.75, 3.05) is 26.3 Å². The smallest absolute Gasteiger partial charge is 0.321 e. The summed E-state index contributed by atoms with van der Waals surface area (Å²) in [5.74, 6) is -1.15. The van der Waals surface area contributed by atoms with Gasteiger partial charge in [0.25, 0.3) is 0 Å². The molecule has 1 aromatic rings. The van der Waals surface area contributed by atoms with Crippen molar-refractivity contribution in [2.45, 2.75) is 12.5 Å². The first-order chi connectivity index (χ1) is 8.66. The summed E-state index contributed by atoms with van der Waals surface area (Å²) < 4.78 is 18.0. The molecule has 0 saturated carbocycles. The number of benzene rings is 1. The SMILES string of the molecule is O=C(O)[C@H](Cc1ccc(F)cc1)N1CCOCC1. The lowest BCUT2D eigenvalue weighted by atomic mass is 10.0. The lowest BCUT2D eigenvalue weighted by molar-refractivity contribution is -0.145. The van der Waals surface area contributed by atoms with Gasteiger partial charge in [0.05, 0.1) is 13.2 Å². The van der Waals surface area contributed by atoms with Crippen LogP contribution in [0, 0.1) is 5.82 Å². The van der Waals surface area contributed by atoms with E-state index in [1.54, 1.807) is 12.1 Å². The lowest BCUT2D eigenvalue weighted by Gasteiger charge is -2.31. The van der Waals surface area contributed by atoms with Gasteiger partial charge in [0.2, 0.25) is 0 Å². The quantitative estimate of drug-likeness (QED) is 0.874. The first-order valence-electron chi connectivity index (χ1n) is 5.96. The molecule has 5 heteroatoms. The number of hydrogen-bond acceptors (Lipinski definition) is 3. The van der Waals surface area contributed by atoms with E-state index in [2.05, 4.69) is 0 Å². The molecule has 0 spiro atoms. The highest BCUT2D eigenvalue weighted by Gasteiger charge is 2.27. The molecule has 1 aromatic carbocycles. The second-order valence-corrected chi connectivity index (χ2v) is 4.33.